The zero-order valence-corrected chi connectivity index (χ0v) is 19.6. The number of aryl methyl sites for hydroxylation is 4. The van der Waals surface area contributed by atoms with Crippen molar-refractivity contribution in [1.82, 2.24) is 0 Å². The molecular weight excluding hydrogens is 429 g/mol. The Morgan fingerprint density at radius 3 is 1.68 bits per heavy atom. The smallest absolute Gasteiger partial charge is 0.166 e. The lowest BCUT2D eigenvalue weighted by molar-refractivity contribution is -0.138. The molecule has 0 unspecified atom stereocenters. The van der Waals surface area contributed by atoms with E-state index in [1.54, 1.807) is 6.07 Å². The maximum atomic E-state index is 13.8. The maximum Gasteiger partial charge on any atom is 0.416 e. The normalized spacial score (nSPS) is 12.0. The summed E-state index contributed by atoms with van der Waals surface area (Å²) in [7, 11) is 0. The standard InChI is InChI=1S/C31H25F3/c1-18-9-14-26-27(15-18)30(23-13-11-20(3)28(17-23)31(32,33)34)25-8-6-5-7-24(25)29(26)22-12-10-19(2)21(4)16-22/h5-17H,1-4H3. The molecule has 0 atom stereocenters. The van der Waals surface area contributed by atoms with Crippen LogP contribution in [0.15, 0.2) is 78.9 Å². The van der Waals surface area contributed by atoms with E-state index in [-0.39, 0.29) is 5.56 Å². The lowest BCUT2D eigenvalue weighted by atomic mass is 9.84. The van der Waals surface area contributed by atoms with Gasteiger partial charge in [-0.05, 0) is 94.3 Å². The molecule has 0 amide bonds. The molecule has 5 aromatic carbocycles. The van der Waals surface area contributed by atoms with E-state index in [0.29, 0.717) is 5.56 Å². The minimum absolute atomic E-state index is 0.229. The van der Waals surface area contributed by atoms with Crippen molar-refractivity contribution in [1.29, 1.82) is 0 Å². The summed E-state index contributed by atoms with van der Waals surface area (Å²) in [4.78, 5) is 0. The average molecular weight is 455 g/mol. The van der Waals surface area contributed by atoms with Crippen LogP contribution in [-0.2, 0) is 6.18 Å². The van der Waals surface area contributed by atoms with Crippen molar-refractivity contribution < 1.29 is 13.2 Å². The molecule has 170 valence electrons. The zero-order valence-electron chi connectivity index (χ0n) is 19.6. The summed E-state index contributed by atoms with van der Waals surface area (Å²) >= 11 is 0. The van der Waals surface area contributed by atoms with E-state index in [4.69, 9.17) is 0 Å². The lowest BCUT2D eigenvalue weighted by Crippen LogP contribution is -2.07. The second-order valence-corrected chi connectivity index (χ2v) is 9.17. The Balaban J connectivity index is 1.95. The van der Waals surface area contributed by atoms with Gasteiger partial charge in [0, 0.05) is 0 Å². The molecule has 0 radical (unpaired) electrons. The minimum atomic E-state index is -4.40. The minimum Gasteiger partial charge on any atom is -0.166 e. The number of hydrogen-bond acceptors (Lipinski definition) is 0. The van der Waals surface area contributed by atoms with Gasteiger partial charge in [-0.3, -0.25) is 0 Å². The van der Waals surface area contributed by atoms with Gasteiger partial charge in [-0.1, -0.05) is 78.4 Å². The SMILES string of the molecule is Cc1ccc2c(-c3ccc(C)c(C)c3)c3ccccc3c(-c3ccc(C)c(C(F)(F)F)c3)c2c1. The van der Waals surface area contributed by atoms with Crippen molar-refractivity contribution in [2.24, 2.45) is 0 Å². The molecule has 0 N–H and O–H groups in total. The summed E-state index contributed by atoms with van der Waals surface area (Å²) in [6.07, 6.45) is -4.40. The fraction of sp³-hybridized carbons (Fsp3) is 0.161. The Morgan fingerprint density at radius 1 is 0.500 bits per heavy atom. The summed E-state index contributed by atoms with van der Waals surface area (Å²) in [5, 5.41) is 3.98. The number of hydrogen-bond donors (Lipinski definition) is 0. The molecule has 0 aliphatic rings. The van der Waals surface area contributed by atoms with Gasteiger partial charge >= 0.3 is 6.18 Å². The van der Waals surface area contributed by atoms with Gasteiger partial charge in [-0.2, -0.15) is 13.2 Å². The van der Waals surface area contributed by atoms with Gasteiger partial charge in [0.05, 0.1) is 5.56 Å². The molecule has 0 fully saturated rings. The first-order chi connectivity index (χ1) is 16.1. The van der Waals surface area contributed by atoms with E-state index in [2.05, 4.69) is 56.3 Å². The van der Waals surface area contributed by atoms with Crippen molar-refractivity contribution in [3.05, 3.63) is 107 Å². The summed E-state index contributed by atoms with van der Waals surface area (Å²) in [6.45, 7) is 7.73. The lowest BCUT2D eigenvalue weighted by Gasteiger charge is -2.20. The third-order valence-corrected chi connectivity index (χ3v) is 6.81. The number of rotatable bonds is 2. The van der Waals surface area contributed by atoms with Crippen molar-refractivity contribution in [2.45, 2.75) is 33.9 Å². The molecule has 0 aliphatic heterocycles. The van der Waals surface area contributed by atoms with Crippen LogP contribution in [0.25, 0.3) is 43.8 Å². The number of alkyl halides is 3. The van der Waals surface area contributed by atoms with Crippen molar-refractivity contribution in [3.8, 4) is 22.3 Å². The molecule has 3 heteroatoms. The number of fused-ring (bicyclic) bond motifs is 2. The second-order valence-electron chi connectivity index (χ2n) is 9.17. The zero-order chi connectivity index (χ0) is 24.2. The predicted molar refractivity (Wildman–Crippen MR) is 136 cm³/mol. The fourth-order valence-corrected chi connectivity index (χ4v) is 4.89. The predicted octanol–water partition coefficient (Wildman–Crippen LogP) is 9.58. The van der Waals surface area contributed by atoms with Crippen LogP contribution in [0.2, 0.25) is 0 Å². The summed E-state index contributed by atoms with van der Waals surface area (Å²) < 4.78 is 41.4. The molecule has 0 aromatic heterocycles. The summed E-state index contributed by atoms with van der Waals surface area (Å²) in [5.41, 5.74) is 6.78. The van der Waals surface area contributed by atoms with Crippen LogP contribution in [0.1, 0.15) is 27.8 Å². The molecule has 34 heavy (non-hydrogen) atoms. The van der Waals surface area contributed by atoms with Crippen LogP contribution >= 0.6 is 0 Å². The molecule has 5 aromatic rings. The molecule has 0 aliphatic carbocycles. The van der Waals surface area contributed by atoms with Crippen LogP contribution in [0.5, 0.6) is 0 Å². The van der Waals surface area contributed by atoms with Gasteiger partial charge < -0.3 is 0 Å². The molecular formula is C31H25F3. The van der Waals surface area contributed by atoms with E-state index in [1.165, 1.54) is 24.1 Å². The Hall–Kier alpha value is -3.59. The average Bonchev–Trinajstić information content (AvgIpc) is 2.79. The first-order valence-electron chi connectivity index (χ1n) is 11.4. The van der Waals surface area contributed by atoms with E-state index < -0.39 is 11.7 Å². The van der Waals surface area contributed by atoms with E-state index in [0.717, 1.165) is 43.8 Å². The van der Waals surface area contributed by atoms with Crippen LogP contribution in [0.3, 0.4) is 0 Å². The number of benzene rings is 5. The van der Waals surface area contributed by atoms with Gasteiger partial charge in [0.15, 0.2) is 0 Å². The van der Waals surface area contributed by atoms with Crippen LogP contribution in [0.4, 0.5) is 13.2 Å². The molecule has 5 rings (SSSR count). The molecule has 0 bridgehead atoms. The third kappa shape index (κ3) is 3.66. The Kier molecular flexibility index (Phi) is 5.24. The van der Waals surface area contributed by atoms with Crippen LogP contribution in [-0.4, -0.2) is 0 Å². The summed E-state index contributed by atoms with van der Waals surface area (Å²) in [6, 6.07) is 25.4. The molecule has 0 spiro atoms. The Labute approximate surface area is 197 Å². The highest BCUT2D eigenvalue weighted by Gasteiger charge is 2.33. The first-order valence-corrected chi connectivity index (χ1v) is 11.4. The fourth-order valence-electron chi connectivity index (χ4n) is 4.89. The van der Waals surface area contributed by atoms with Crippen molar-refractivity contribution in [2.75, 3.05) is 0 Å². The highest BCUT2D eigenvalue weighted by Crippen LogP contribution is 2.45. The Morgan fingerprint density at radius 2 is 1.06 bits per heavy atom. The first kappa shape index (κ1) is 22.2. The van der Waals surface area contributed by atoms with Crippen molar-refractivity contribution in [3.63, 3.8) is 0 Å². The van der Waals surface area contributed by atoms with E-state index in [1.807, 2.05) is 31.2 Å². The summed E-state index contributed by atoms with van der Waals surface area (Å²) in [5.74, 6) is 0. The molecule has 0 saturated carbocycles. The number of halogens is 3. The van der Waals surface area contributed by atoms with E-state index >= 15 is 0 Å². The largest absolute Gasteiger partial charge is 0.416 e. The second kappa shape index (κ2) is 8.02. The Bertz CT molecular complexity index is 1570. The monoisotopic (exact) mass is 454 g/mol. The van der Waals surface area contributed by atoms with Crippen LogP contribution in [0, 0.1) is 27.7 Å². The molecule has 0 heterocycles. The molecule has 0 nitrogen and oxygen atoms in total. The highest BCUT2D eigenvalue weighted by molar-refractivity contribution is 6.21. The van der Waals surface area contributed by atoms with Gasteiger partial charge in [0.2, 0.25) is 0 Å². The van der Waals surface area contributed by atoms with Crippen molar-refractivity contribution >= 4 is 21.5 Å². The third-order valence-electron chi connectivity index (χ3n) is 6.81. The quantitative estimate of drug-likeness (QED) is 0.233. The van der Waals surface area contributed by atoms with Gasteiger partial charge in [0.1, 0.15) is 0 Å². The van der Waals surface area contributed by atoms with E-state index in [9.17, 15) is 13.2 Å². The topological polar surface area (TPSA) is 0 Å². The maximum absolute atomic E-state index is 13.8. The van der Waals surface area contributed by atoms with Crippen LogP contribution < -0.4 is 0 Å². The molecule has 0 saturated heterocycles. The highest BCUT2D eigenvalue weighted by atomic mass is 19.4. The van der Waals surface area contributed by atoms with Gasteiger partial charge in [-0.25, -0.2) is 0 Å². The van der Waals surface area contributed by atoms with Gasteiger partial charge in [-0.15, -0.1) is 0 Å². The van der Waals surface area contributed by atoms with Gasteiger partial charge in [0.25, 0.3) is 0 Å².